The van der Waals surface area contributed by atoms with Gasteiger partial charge in [0.15, 0.2) is 0 Å². The van der Waals surface area contributed by atoms with Crippen LogP contribution in [0.4, 0.5) is 39.5 Å². The second kappa shape index (κ2) is 5.88. The van der Waals surface area contributed by atoms with Crippen molar-refractivity contribution in [3.05, 3.63) is 35.4 Å². The Labute approximate surface area is 124 Å². The van der Waals surface area contributed by atoms with E-state index >= 15 is 0 Å². The Morgan fingerprint density at radius 2 is 1.35 bits per heavy atom. The molecule has 0 saturated carbocycles. The van der Waals surface area contributed by atoms with Crippen molar-refractivity contribution in [1.82, 2.24) is 0 Å². The van der Waals surface area contributed by atoms with Crippen molar-refractivity contribution < 1.29 is 44.6 Å². The molecule has 1 atom stereocenters. The molecule has 10 heteroatoms. The van der Waals surface area contributed by atoms with Gasteiger partial charge in [-0.15, -0.1) is 0 Å². The minimum Gasteiger partial charge on any atom is -0.388 e. The number of rotatable bonds is 5. The molecule has 1 nitrogen and oxygen atoms in total. The van der Waals surface area contributed by atoms with E-state index in [1.165, 1.54) is 25.1 Å². The molecule has 23 heavy (non-hydrogen) atoms. The summed E-state index contributed by atoms with van der Waals surface area (Å²) < 4.78 is 114. The summed E-state index contributed by atoms with van der Waals surface area (Å²) in [5.41, 5.74) is -0.0972. The monoisotopic (exact) mass is 354 g/mol. The van der Waals surface area contributed by atoms with Gasteiger partial charge in [-0.3, -0.25) is 0 Å². The van der Waals surface area contributed by atoms with E-state index in [0.717, 1.165) is 6.07 Å². The predicted octanol–water partition coefficient (Wildman–Crippen LogP) is 4.89. The van der Waals surface area contributed by atoms with Crippen LogP contribution in [-0.2, 0) is 0 Å². The van der Waals surface area contributed by atoms with Crippen molar-refractivity contribution in [2.75, 3.05) is 0 Å². The van der Waals surface area contributed by atoms with Gasteiger partial charge < -0.3 is 5.11 Å². The summed E-state index contributed by atoms with van der Waals surface area (Å²) in [6.07, 6.45) is -11.5. The van der Waals surface area contributed by atoms with E-state index in [1.807, 2.05) is 0 Å². The van der Waals surface area contributed by atoms with Crippen LogP contribution in [0.25, 0.3) is 0 Å². The topological polar surface area (TPSA) is 20.2 Å². The van der Waals surface area contributed by atoms with E-state index in [2.05, 4.69) is 0 Å². The third-order valence-corrected chi connectivity index (χ3v) is 3.21. The molecule has 0 bridgehead atoms. The Hall–Kier alpha value is -1.45. The summed E-state index contributed by atoms with van der Waals surface area (Å²) in [6, 6.07) is 5.07. The van der Waals surface area contributed by atoms with Crippen LogP contribution >= 0.6 is 0 Å². The number of alkyl halides is 9. The van der Waals surface area contributed by atoms with Gasteiger partial charge in [-0.2, -0.15) is 39.5 Å². The summed E-state index contributed by atoms with van der Waals surface area (Å²) >= 11 is 0. The Bertz CT molecular complexity index is 551. The van der Waals surface area contributed by atoms with Gasteiger partial charge in [0.25, 0.3) is 0 Å². The maximum atomic E-state index is 13.4. The van der Waals surface area contributed by atoms with E-state index in [9.17, 15) is 44.6 Å². The number of aryl methyl sites for hydroxylation is 1. The van der Waals surface area contributed by atoms with Crippen LogP contribution in [0.5, 0.6) is 0 Å². The van der Waals surface area contributed by atoms with Gasteiger partial charge in [0, 0.05) is 6.42 Å². The van der Waals surface area contributed by atoms with Crippen LogP contribution in [-0.4, -0.2) is 29.1 Å². The van der Waals surface area contributed by atoms with Gasteiger partial charge in [-0.1, -0.05) is 24.3 Å². The zero-order chi connectivity index (χ0) is 18.3. The first-order valence-corrected chi connectivity index (χ1v) is 6.09. The van der Waals surface area contributed by atoms with Crippen LogP contribution in [0.3, 0.4) is 0 Å². The van der Waals surface area contributed by atoms with Gasteiger partial charge in [0.1, 0.15) is 0 Å². The first-order chi connectivity index (χ1) is 10.1. The van der Waals surface area contributed by atoms with E-state index in [-0.39, 0.29) is 11.1 Å². The molecule has 1 N–H and O–H groups in total. The van der Waals surface area contributed by atoms with Gasteiger partial charge in [-0.05, 0) is 18.1 Å². The van der Waals surface area contributed by atoms with Crippen molar-refractivity contribution in [3.8, 4) is 0 Å². The number of halogens is 9. The van der Waals surface area contributed by atoms with Crippen molar-refractivity contribution in [2.45, 2.75) is 43.4 Å². The summed E-state index contributed by atoms with van der Waals surface area (Å²) in [4.78, 5) is 0. The standard InChI is InChI=1S/C13H11F9O/c1-7-4-2-3-5-8(7)9(23)6-10(14,15)11(16,17)12(18,19)13(20,21)22/h2-5,9,23H,6H2,1H3. The normalized spacial score (nSPS) is 15.6. The highest BCUT2D eigenvalue weighted by molar-refractivity contribution is 5.28. The number of hydrogen-bond acceptors (Lipinski definition) is 1. The number of benzene rings is 1. The molecule has 1 aromatic rings. The average molecular weight is 354 g/mol. The third kappa shape index (κ3) is 3.41. The van der Waals surface area contributed by atoms with E-state index in [0.29, 0.717) is 0 Å². The van der Waals surface area contributed by atoms with Crippen LogP contribution in [0.15, 0.2) is 24.3 Å². The highest BCUT2D eigenvalue weighted by Crippen LogP contribution is 2.55. The van der Waals surface area contributed by atoms with E-state index in [1.54, 1.807) is 0 Å². The number of hydrogen-bond donors (Lipinski definition) is 1. The molecule has 1 rings (SSSR count). The lowest BCUT2D eigenvalue weighted by Gasteiger charge is -2.34. The van der Waals surface area contributed by atoms with E-state index < -0.39 is 36.5 Å². The highest BCUT2D eigenvalue weighted by Gasteiger charge is 2.81. The SMILES string of the molecule is Cc1ccccc1C(O)CC(F)(F)C(F)(F)C(F)(F)C(F)(F)F. The summed E-state index contributed by atoms with van der Waals surface area (Å²) in [7, 11) is 0. The second-order valence-corrected chi connectivity index (χ2v) is 4.93. The van der Waals surface area contributed by atoms with E-state index in [4.69, 9.17) is 0 Å². The maximum absolute atomic E-state index is 13.4. The maximum Gasteiger partial charge on any atom is 0.460 e. The summed E-state index contributed by atoms with van der Waals surface area (Å²) in [5.74, 6) is -19.5. The Kier molecular flexibility index (Phi) is 5.01. The third-order valence-electron chi connectivity index (χ3n) is 3.21. The van der Waals surface area contributed by atoms with Crippen molar-refractivity contribution >= 4 is 0 Å². The van der Waals surface area contributed by atoms with Crippen LogP contribution in [0.2, 0.25) is 0 Å². The quantitative estimate of drug-likeness (QED) is 0.747. The van der Waals surface area contributed by atoms with Gasteiger partial charge >= 0.3 is 23.9 Å². The molecule has 1 unspecified atom stereocenters. The number of aliphatic hydroxyl groups excluding tert-OH is 1. The molecule has 132 valence electrons. The Morgan fingerprint density at radius 1 is 0.870 bits per heavy atom. The summed E-state index contributed by atoms with van der Waals surface area (Å²) in [5, 5.41) is 9.53. The zero-order valence-corrected chi connectivity index (χ0v) is 11.4. The highest BCUT2D eigenvalue weighted by atomic mass is 19.4. The molecule has 0 aliphatic rings. The largest absolute Gasteiger partial charge is 0.460 e. The minimum atomic E-state index is -6.95. The Balaban J connectivity index is 3.13. The molecule has 0 spiro atoms. The van der Waals surface area contributed by atoms with Crippen LogP contribution in [0.1, 0.15) is 23.7 Å². The lowest BCUT2D eigenvalue weighted by molar-refractivity contribution is -0.398. The second-order valence-electron chi connectivity index (χ2n) is 4.93. The van der Waals surface area contributed by atoms with Crippen LogP contribution < -0.4 is 0 Å². The lowest BCUT2D eigenvalue weighted by Crippen LogP contribution is -2.61. The van der Waals surface area contributed by atoms with Crippen molar-refractivity contribution in [2.24, 2.45) is 0 Å². The molecular formula is C13H11F9O. The fourth-order valence-electron chi connectivity index (χ4n) is 1.85. The molecule has 0 aromatic heterocycles. The summed E-state index contributed by atoms with van der Waals surface area (Å²) in [6.45, 7) is 1.32. The lowest BCUT2D eigenvalue weighted by atomic mass is 9.93. The Morgan fingerprint density at radius 3 is 1.78 bits per heavy atom. The minimum absolute atomic E-state index is 0.182. The molecule has 0 aliphatic heterocycles. The molecule has 1 aromatic carbocycles. The van der Waals surface area contributed by atoms with Crippen molar-refractivity contribution in [1.29, 1.82) is 0 Å². The van der Waals surface area contributed by atoms with Crippen LogP contribution in [0, 0.1) is 6.92 Å². The number of aliphatic hydroxyl groups is 1. The molecule has 0 heterocycles. The first-order valence-electron chi connectivity index (χ1n) is 6.09. The smallest absolute Gasteiger partial charge is 0.388 e. The predicted molar refractivity (Wildman–Crippen MR) is 61.7 cm³/mol. The molecule has 0 saturated heterocycles. The molecule has 0 aliphatic carbocycles. The molecular weight excluding hydrogens is 343 g/mol. The molecule has 0 fully saturated rings. The fourth-order valence-corrected chi connectivity index (χ4v) is 1.85. The fraction of sp³-hybridized carbons (Fsp3) is 0.538. The van der Waals surface area contributed by atoms with Gasteiger partial charge in [-0.25, -0.2) is 0 Å². The molecule has 0 radical (unpaired) electrons. The first kappa shape index (κ1) is 19.6. The zero-order valence-electron chi connectivity index (χ0n) is 11.4. The average Bonchev–Trinajstić information content (AvgIpc) is 2.36. The van der Waals surface area contributed by atoms with Gasteiger partial charge in [0.05, 0.1) is 6.10 Å². The van der Waals surface area contributed by atoms with Crippen molar-refractivity contribution in [3.63, 3.8) is 0 Å². The van der Waals surface area contributed by atoms with Gasteiger partial charge in [0.2, 0.25) is 0 Å². The molecule has 0 amide bonds.